The van der Waals surface area contributed by atoms with Crippen LogP contribution in [0, 0.1) is 6.92 Å². The summed E-state index contributed by atoms with van der Waals surface area (Å²) in [5, 5.41) is 0. The second-order valence-electron chi connectivity index (χ2n) is 7.98. The fourth-order valence-electron chi connectivity index (χ4n) is 4.06. The number of para-hydroxylation sites is 2. The zero-order valence-corrected chi connectivity index (χ0v) is 19.2. The molecule has 31 heavy (non-hydrogen) atoms. The zero-order valence-electron chi connectivity index (χ0n) is 19.2. The molecule has 0 spiro atoms. The first-order chi connectivity index (χ1) is 15.0. The van der Waals surface area contributed by atoms with E-state index in [0.29, 0.717) is 6.54 Å². The van der Waals surface area contributed by atoms with E-state index in [4.69, 9.17) is 14.2 Å². The van der Waals surface area contributed by atoms with Crippen LogP contribution in [-0.2, 0) is 11.3 Å². The number of amides is 1. The third-order valence-electron chi connectivity index (χ3n) is 5.85. The Morgan fingerprint density at radius 1 is 0.935 bits per heavy atom. The number of hydrogen-bond donors (Lipinski definition) is 1. The minimum Gasteiger partial charge on any atom is -0.495 e. The lowest BCUT2D eigenvalue weighted by atomic mass is 10.1. The molecule has 0 bridgehead atoms. The first kappa shape index (κ1) is 22.7. The van der Waals surface area contributed by atoms with Crippen LogP contribution >= 0.6 is 0 Å². The molecule has 2 aromatic rings. The Morgan fingerprint density at radius 3 is 2.19 bits per heavy atom. The molecule has 1 atom stereocenters. The number of likely N-dealkylation sites (N-methyl/N-ethyl adjacent to an activating group) is 1. The molecule has 1 saturated heterocycles. The maximum absolute atomic E-state index is 12.9. The molecule has 1 heterocycles. The Bertz CT molecular complexity index is 894. The molecule has 0 aliphatic carbocycles. The fraction of sp³-hybridized carbons (Fsp3) is 0.458. The van der Waals surface area contributed by atoms with E-state index >= 15 is 0 Å². The number of piperazine rings is 1. The number of carbonyl (C=O) groups is 1. The first-order valence-corrected chi connectivity index (χ1v) is 10.6. The number of anilines is 1. The van der Waals surface area contributed by atoms with Crippen LogP contribution < -0.4 is 24.0 Å². The van der Waals surface area contributed by atoms with E-state index in [2.05, 4.69) is 24.9 Å². The molecular formula is C24H34N3O4+. The van der Waals surface area contributed by atoms with Crippen LogP contribution in [0.2, 0.25) is 0 Å². The summed E-state index contributed by atoms with van der Waals surface area (Å²) < 4.78 is 16.3. The van der Waals surface area contributed by atoms with Gasteiger partial charge in [-0.2, -0.15) is 0 Å². The number of aryl methyl sites for hydroxylation is 1. The van der Waals surface area contributed by atoms with Crippen LogP contribution in [0.15, 0.2) is 36.4 Å². The van der Waals surface area contributed by atoms with E-state index in [1.54, 1.807) is 21.3 Å². The second kappa shape index (κ2) is 10.4. The Hall–Kier alpha value is -2.93. The highest BCUT2D eigenvalue weighted by molar-refractivity contribution is 5.77. The van der Waals surface area contributed by atoms with Gasteiger partial charge in [0.2, 0.25) is 0 Å². The number of nitrogens with one attached hydrogen (secondary N) is 1. The van der Waals surface area contributed by atoms with Gasteiger partial charge < -0.3 is 28.9 Å². The summed E-state index contributed by atoms with van der Waals surface area (Å²) in [7, 11) is 7.03. The number of carbonyl (C=O) groups excluding carboxylic acids is 1. The van der Waals surface area contributed by atoms with Crippen LogP contribution in [-0.4, -0.2) is 71.9 Å². The van der Waals surface area contributed by atoms with Crippen LogP contribution in [0.3, 0.4) is 0 Å². The lowest BCUT2D eigenvalue weighted by Gasteiger charge is -2.36. The number of hydrogen-bond acceptors (Lipinski definition) is 5. The van der Waals surface area contributed by atoms with Crippen LogP contribution in [0.4, 0.5) is 5.69 Å². The van der Waals surface area contributed by atoms with Crippen molar-refractivity contribution >= 4 is 11.6 Å². The van der Waals surface area contributed by atoms with Gasteiger partial charge in [-0.05, 0) is 36.8 Å². The van der Waals surface area contributed by atoms with Crippen molar-refractivity contribution < 1.29 is 23.9 Å². The van der Waals surface area contributed by atoms with Gasteiger partial charge in [0.25, 0.3) is 5.91 Å². The number of ether oxygens (including phenoxy) is 3. The fourth-order valence-corrected chi connectivity index (χ4v) is 4.06. The first-order valence-electron chi connectivity index (χ1n) is 10.6. The van der Waals surface area contributed by atoms with Gasteiger partial charge in [0.05, 0.1) is 34.1 Å². The molecule has 1 fully saturated rings. The van der Waals surface area contributed by atoms with E-state index in [0.717, 1.165) is 71.7 Å². The third-order valence-corrected chi connectivity index (χ3v) is 5.85. The van der Waals surface area contributed by atoms with E-state index in [-0.39, 0.29) is 5.91 Å². The molecule has 0 saturated carbocycles. The maximum Gasteiger partial charge on any atom is 0.277 e. The van der Waals surface area contributed by atoms with Crippen molar-refractivity contribution in [1.82, 2.24) is 4.90 Å². The second-order valence-corrected chi connectivity index (χ2v) is 7.98. The van der Waals surface area contributed by atoms with Gasteiger partial charge in [-0.15, -0.1) is 0 Å². The standard InChI is InChI=1S/C24H33N3O4/c1-18-14-22(30-4)23(31-5)15-19(18)16-25(2)17-24(28)27-12-10-26(11-13-27)20-8-6-7-9-21(20)29-3/h6-9,14-15H,10-13,16-17H2,1-5H3/p+1. The molecule has 0 radical (unpaired) electrons. The molecule has 3 rings (SSSR count). The predicted octanol–water partition coefficient (Wildman–Crippen LogP) is 1.38. The highest BCUT2D eigenvalue weighted by Crippen LogP contribution is 2.30. The highest BCUT2D eigenvalue weighted by atomic mass is 16.5. The quantitative estimate of drug-likeness (QED) is 0.689. The van der Waals surface area contributed by atoms with Crippen molar-refractivity contribution in [2.24, 2.45) is 0 Å². The highest BCUT2D eigenvalue weighted by Gasteiger charge is 2.25. The average Bonchev–Trinajstić information content (AvgIpc) is 2.80. The predicted molar refractivity (Wildman–Crippen MR) is 122 cm³/mol. The molecular weight excluding hydrogens is 394 g/mol. The topological polar surface area (TPSA) is 55.7 Å². The molecule has 7 heteroatoms. The summed E-state index contributed by atoms with van der Waals surface area (Å²) in [6.45, 7) is 6.32. The van der Waals surface area contributed by atoms with E-state index < -0.39 is 0 Å². The van der Waals surface area contributed by atoms with E-state index in [9.17, 15) is 4.79 Å². The number of quaternary nitrogens is 1. The Labute approximate surface area is 185 Å². The molecule has 7 nitrogen and oxygen atoms in total. The van der Waals surface area contributed by atoms with Crippen molar-refractivity contribution in [3.63, 3.8) is 0 Å². The van der Waals surface area contributed by atoms with Gasteiger partial charge in [-0.3, -0.25) is 4.79 Å². The van der Waals surface area contributed by atoms with Crippen molar-refractivity contribution in [2.45, 2.75) is 13.5 Å². The maximum atomic E-state index is 12.9. The van der Waals surface area contributed by atoms with Crippen LogP contribution in [0.5, 0.6) is 17.2 Å². The average molecular weight is 429 g/mol. The summed E-state index contributed by atoms with van der Waals surface area (Å²) in [6, 6.07) is 12.0. The lowest BCUT2D eigenvalue weighted by Crippen LogP contribution is -3.09. The summed E-state index contributed by atoms with van der Waals surface area (Å²) in [5.41, 5.74) is 3.38. The minimum absolute atomic E-state index is 0.190. The summed E-state index contributed by atoms with van der Waals surface area (Å²) >= 11 is 0. The van der Waals surface area contributed by atoms with Crippen molar-refractivity contribution in [2.75, 3.05) is 66.0 Å². The largest absolute Gasteiger partial charge is 0.495 e. The van der Waals surface area contributed by atoms with Gasteiger partial charge >= 0.3 is 0 Å². The van der Waals surface area contributed by atoms with Gasteiger partial charge in [-0.25, -0.2) is 0 Å². The van der Waals surface area contributed by atoms with E-state index in [1.807, 2.05) is 35.2 Å². The monoisotopic (exact) mass is 428 g/mol. The third kappa shape index (κ3) is 5.41. The van der Waals surface area contributed by atoms with Gasteiger partial charge in [0.15, 0.2) is 18.0 Å². The summed E-state index contributed by atoms with van der Waals surface area (Å²) in [6.07, 6.45) is 0. The zero-order chi connectivity index (χ0) is 22.4. The van der Waals surface area contributed by atoms with E-state index in [1.165, 1.54) is 0 Å². The molecule has 1 aliphatic heterocycles. The van der Waals surface area contributed by atoms with Crippen LogP contribution in [0.1, 0.15) is 11.1 Å². The number of rotatable bonds is 8. The van der Waals surface area contributed by atoms with Crippen molar-refractivity contribution in [3.8, 4) is 17.2 Å². The smallest absolute Gasteiger partial charge is 0.277 e. The van der Waals surface area contributed by atoms with Gasteiger partial charge in [0, 0.05) is 31.7 Å². The molecule has 168 valence electrons. The number of benzene rings is 2. The molecule has 1 aliphatic rings. The van der Waals surface area contributed by atoms with Gasteiger partial charge in [-0.1, -0.05) is 12.1 Å². The van der Waals surface area contributed by atoms with Crippen LogP contribution in [0.25, 0.3) is 0 Å². The Balaban J connectivity index is 1.55. The normalized spacial score (nSPS) is 14.9. The number of nitrogens with zero attached hydrogens (tertiary/aromatic N) is 2. The molecule has 1 unspecified atom stereocenters. The lowest BCUT2D eigenvalue weighted by molar-refractivity contribution is -0.885. The minimum atomic E-state index is 0.190. The molecule has 1 amide bonds. The number of methoxy groups -OCH3 is 3. The summed E-state index contributed by atoms with van der Waals surface area (Å²) in [4.78, 5) is 18.3. The Kier molecular flexibility index (Phi) is 7.63. The summed E-state index contributed by atoms with van der Waals surface area (Å²) in [5.74, 6) is 2.51. The Morgan fingerprint density at radius 2 is 1.55 bits per heavy atom. The van der Waals surface area contributed by atoms with Gasteiger partial charge in [0.1, 0.15) is 12.3 Å². The molecule has 0 aromatic heterocycles. The molecule has 1 N–H and O–H groups in total. The molecule has 2 aromatic carbocycles. The van der Waals surface area contributed by atoms with Crippen molar-refractivity contribution in [1.29, 1.82) is 0 Å². The van der Waals surface area contributed by atoms with Crippen molar-refractivity contribution in [3.05, 3.63) is 47.5 Å². The SMILES string of the molecule is COc1cc(C)c(C[NH+](C)CC(=O)N2CCN(c3ccccc3OC)CC2)cc1OC.